The van der Waals surface area contributed by atoms with E-state index in [4.69, 9.17) is 0 Å². The Balaban J connectivity index is 1.64. The van der Waals surface area contributed by atoms with Crippen LogP contribution in [0.2, 0.25) is 0 Å². The van der Waals surface area contributed by atoms with Gasteiger partial charge in [-0.15, -0.1) is 11.8 Å². The standard InChI is InChI=1S/C23H21NOS2/c1-2-20(26-16-17-10-4-3-5-11-17)23(25)24-18-12-6-8-14-21(18)27-22-15-9-7-13-19(22)24/h3-15,20H,2,16H2,1H3. The van der Waals surface area contributed by atoms with Gasteiger partial charge in [-0.2, -0.15) is 0 Å². The fourth-order valence-electron chi connectivity index (χ4n) is 3.22. The van der Waals surface area contributed by atoms with Crippen LogP contribution in [-0.2, 0) is 10.5 Å². The summed E-state index contributed by atoms with van der Waals surface area (Å²) in [5.41, 5.74) is 3.23. The number of carbonyl (C=O) groups is 1. The molecule has 3 aromatic rings. The summed E-state index contributed by atoms with van der Waals surface area (Å²) < 4.78 is 0. The fraction of sp³-hybridized carbons (Fsp3) is 0.174. The Hall–Kier alpha value is -2.17. The van der Waals surface area contributed by atoms with Gasteiger partial charge in [-0.05, 0) is 36.2 Å². The van der Waals surface area contributed by atoms with Gasteiger partial charge in [-0.1, -0.05) is 73.3 Å². The van der Waals surface area contributed by atoms with Crippen molar-refractivity contribution < 1.29 is 4.79 Å². The van der Waals surface area contributed by atoms with E-state index in [1.54, 1.807) is 23.5 Å². The van der Waals surface area contributed by atoms with Crippen molar-refractivity contribution in [1.82, 2.24) is 0 Å². The van der Waals surface area contributed by atoms with E-state index >= 15 is 0 Å². The van der Waals surface area contributed by atoms with E-state index in [2.05, 4.69) is 31.2 Å². The monoisotopic (exact) mass is 391 g/mol. The number of anilines is 2. The van der Waals surface area contributed by atoms with Crippen molar-refractivity contribution in [2.45, 2.75) is 34.1 Å². The quantitative estimate of drug-likeness (QED) is 0.493. The number of thioether (sulfide) groups is 1. The molecule has 1 aliphatic rings. The van der Waals surface area contributed by atoms with E-state index in [1.165, 1.54) is 5.56 Å². The van der Waals surface area contributed by atoms with Crippen LogP contribution in [0.5, 0.6) is 0 Å². The number of para-hydroxylation sites is 2. The topological polar surface area (TPSA) is 20.3 Å². The Kier molecular flexibility index (Phi) is 5.55. The molecule has 1 unspecified atom stereocenters. The Morgan fingerprint density at radius 3 is 2.04 bits per heavy atom. The largest absolute Gasteiger partial charge is 0.278 e. The normalized spacial score (nSPS) is 13.6. The zero-order valence-corrected chi connectivity index (χ0v) is 16.8. The van der Waals surface area contributed by atoms with Crippen LogP contribution in [0.15, 0.2) is 88.7 Å². The van der Waals surface area contributed by atoms with Gasteiger partial charge in [0.1, 0.15) is 0 Å². The molecular weight excluding hydrogens is 370 g/mol. The van der Waals surface area contributed by atoms with E-state index in [1.807, 2.05) is 59.5 Å². The average molecular weight is 392 g/mol. The highest BCUT2D eigenvalue weighted by Crippen LogP contribution is 2.48. The minimum Gasteiger partial charge on any atom is -0.278 e. The van der Waals surface area contributed by atoms with Gasteiger partial charge in [0.15, 0.2) is 0 Å². The van der Waals surface area contributed by atoms with Crippen molar-refractivity contribution in [3.63, 3.8) is 0 Å². The lowest BCUT2D eigenvalue weighted by Gasteiger charge is -2.33. The molecule has 0 spiro atoms. The van der Waals surface area contributed by atoms with Gasteiger partial charge in [-0.25, -0.2) is 0 Å². The molecule has 2 nitrogen and oxygen atoms in total. The van der Waals surface area contributed by atoms with Gasteiger partial charge in [0.25, 0.3) is 0 Å². The van der Waals surface area contributed by atoms with Crippen molar-refractivity contribution in [2.24, 2.45) is 0 Å². The minimum absolute atomic E-state index is 0.0746. The van der Waals surface area contributed by atoms with Crippen LogP contribution in [0.1, 0.15) is 18.9 Å². The summed E-state index contributed by atoms with van der Waals surface area (Å²) in [7, 11) is 0. The number of benzene rings is 3. The molecule has 3 aromatic carbocycles. The molecule has 1 heterocycles. The molecule has 4 heteroatoms. The summed E-state index contributed by atoms with van der Waals surface area (Å²) in [5.74, 6) is 1.01. The smallest absolute Gasteiger partial charge is 0.244 e. The van der Waals surface area contributed by atoms with Gasteiger partial charge in [0, 0.05) is 15.5 Å². The Labute approximate surface area is 169 Å². The number of amides is 1. The molecule has 0 radical (unpaired) electrons. The molecule has 0 fully saturated rings. The lowest BCUT2D eigenvalue weighted by molar-refractivity contribution is -0.117. The van der Waals surface area contributed by atoms with Gasteiger partial charge >= 0.3 is 0 Å². The van der Waals surface area contributed by atoms with Crippen LogP contribution in [0.4, 0.5) is 11.4 Å². The molecule has 1 atom stereocenters. The van der Waals surface area contributed by atoms with Crippen molar-refractivity contribution in [1.29, 1.82) is 0 Å². The zero-order chi connectivity index (χ0) is 18.6. The number of rotatable bonds is 5. The molecule has 136 valence electrons. The minimum atomic E-state index is -0.0746. The Morgan fingerprint density at radius 2 is 1.44 bits per heavy atom. The molecule has 0 aliphatic carbocycles. The summed E-state index contributed by atoms with van der Waals surface area (Å²) >= 11 is 3.46. The highest BCUT2D eigenvalue weighted by atomic mass is 32.2. The van der Waals surface area contributed by atoms with E-state index in [-0.39, 0.29) is 11.2 Å². The molecule has 0 aromatic heterocycles. The third-order valence-corrected chi connectivity index (χ3v) is 7.16. The van der Waals surface area contributed by atoms with Gasteiger partial charge in [0.2, 0.25) is 5.91 Å². The first-order valence-corrected chi connectivity index (χ1v) is 11.0. The van der Waals surface area contributed by atoms with E-state index in [9.17, 15) is 4.79 Å². The third-order valence-electron chi connectivity index (χ3n) is 4.59. The van der Waals surface area contributed by atoms with E-state index in [0.29, 0.717) is 0 Å². The second-order valence-corrected chi connectivity index (χ2v) is 8.68. The van der Waals surface area contributed by atoms with Gasteiger partial charge in [-0.3, -0.25) is 9.69 Å². The van der Waals surface area contributed by atoms with Crippen molar-refractivity contribution >= 4 is 40.8 Å². The number of nitrogens with zero attached hydrogens (tertiary/aromatic N) is 1. The summed E-state index contributed by atoms with van der Waals surface area (Å²) in [5, 5.41) is -0.0746. The molecule has 0 saturated carbocycles. The highest BCUT2D eigenvalue weighted by molar-refractivity contribution is 8.00. The molecule has 27 heavy (non-hydrogen) atoms. The van der Waals surface area contributed by atoms with Crippen LogP contribution in [-0.4, -0.2) is 11.2 Å². The molecular formula is C23H21NOS2. The predicted molar refractivity (Wildman–Crippen MR) is 116 cm³/mol. The predicted octanol–water partition coefficient (Wildman–Crippen LogP) is 6.53. The first-order chi connectivity index (χ1) is 13.3. The molecule has 1 aliphatic heterocycles. The van der Waals surface area contributed by atoms with Gasteiger partial charge < -0.3 is 0 Å². The maximum atomic E-state index is 13.6. The van der Waals surface area contributed by atoms with Gasteiger partial charge in [0.05, 0.1) is 16.6 Å². The first-order valence-electron chi connectivity index (χ1n) is 9.13. The molecule has 4 rings (SSSR count). The molecule has 0 bridgehead atoms. The maximum absolute atomic E-state index is 13.6. The average Bonchev–Trinajstić information content (AvgIpc) is 2.73. The Bertz CT molecular complexity index is 896. The van der Waals surface area contributed by atoms with E-state index < -0.39 is 0 Å². The number of carbonyl (C=O) groups excluding carboxylic acids is 1. The van der Waals surface area contributed by atoms with Crippen LogP contribution in [0.3, 0.4) is 0 Å². The second kappa shape index (κ2) is 8.24. The number of hydrogen-bond donors (Lipinski definition) is 0. The summed E-state index contributed by atoms with van der Waals surface area (Å²) in [6.45, 7) is 2.09. The fourth-order valence-corrected chi connectivity index (χ4v) is 5.35. The van der Waals surface area contributed by atoms with Crippen LogP contribution < -0.4 is 4.90 Å². The SMILES string of the molecule is CCC(SCc1ccccc1)C(=O)N1c2ccccc2Sc2ccccc21. The van der Waals surface area contributed by atoms with Crippen molar-refractivity contribution in [3.8, 4) is 0 Å². The summed E-state index contributed by atoms with van der Waals surface area (Å²) in [4.78, 5) is 17.8. The molecule has 0 N–H and O–H groups in total. The summed E-state index contributed by atoms with van der Waals surface area (Å²) in [6, 6.07) is 26.7. The van der Waals surface area contributed by atoms with Crippen LogP contribution >= 0.6 is 23.5 Å². The van der Waals surface area contributed by atoms with Crippen LogP contribution in [0, 0.1) is 0 Å². The van der Waals surface area contributed by atoms with Crippen molar-refractivity contribution in [2.75, 3.05) is 4.90 Å². The molecule has 0 saturated heterocycles. The number of hydrogen-bond acceptors (Lipinski definition) is 3. The third kappa shape index (κ3) is 3.78. The first kappa shape index (κ1) is 18.2. The maximum Gasteiger partial charge on any atom is 0.244 e. The second-order valence-electron chi connectivity index (χ2n) is 6.40. The molecule has 1 amide bonds. The number of fused-ring (bicyclic) bond motifs is 2. The zero-order valence-electron chi connectivity index (χ0n) is 15.2. The van der Waals surface area contributed by atoms with Crippen molar-refractivity contribution in [3.05, 3.63) is 84.4 Å². The highest BCUT2D eigenvalue weighted by Gasteiger charge is 2.31. The lowest BCUT2D eigenvalue weighted by atomic mass is 10.2. The summed E-state index contributed by atoms with van der Waals surface area (Å²) in [6.07, 6.45) is 0.810. The van der Waals surface area contributed by atoms with Crippen LogP contribution in [0.25, 0.3) is 0 Å². The lowest BCUT2D eigenvalue weighted by Crippen LogP contribution is -2.35. The van der Waals surface area contributed by atoms with E-state index in [0.717, 1.165) is 33.3 Å². The Morgan fingerprint density at radius 1 is 0.889 bits per heavy atom.